The Morgan fingerprint density at radius 3 is 2.60 bits per heavy atom. The van der Waals surface area contributed by atoms with Gasteiger partial charge in [0.15, 0.2) is 0 Å². The van der Waals surface area contributed by atoms with Crippen molar-refractivity contribution in [2.75, 3.05) is 0 Å². The highest BCUT2D eigenvalue weighted by atomic mass is 19.1. The molecular weight excluding hydrogens is 127 g/mol. The van der Waals surface area contributed by atoms with Crippen molar-refractivity contribution < 1.29 is 4.39 Å². The molecule has 56 valence electrons. The molecule has 0 amide bonds. The second kappa shape index (κ2) is 3.00. The van der Waals surface area contributed by atoms with Gasteiger partial charge in [-0.05, 0) is 17.9 Å². The minimum absolute atomic E-state index is 0.0810. The van der Waals surface area contributed by atoms with Crippen molar-refractivity contribution in [2.45, 2.75) is 26.7 Å². The molecule has 1 heteroatoms. The standard InChI is InChI=1S/C9H13F/c1-7(2)8-5-3-4-6-9(8)10/h3,5,7H,4,6H2,1-2H3. The maximum absolute atomic E-state index is 12.9. The van der Waals surface area contributed by atoms with Gasteiger partial charge in [-0.1, -0.05) is 26.0 Å². The molecule has 0 radical (unpaired) electrons. The van der Waals surface area contributed by atoms with Crippen LogP contribution in [0.4, 0.5) is 4.39 Å². The summed E-state index contributed by atoms with van der Waals surface area (Å²) >= 11 is 0. The maximum Gasteiger partial charge on any atom is 0.104 e. The van der Waals surface area contributed by atoms with Crippen LogP contribution in [0.3, 0.4) is 0 Å². The van der Waals surface area contributed by atoms with Crippen LogP contribution in [0.15, 0.2) is 23.6 Å². The molecular formula is C9H13F. The third kappa shape index (κ3) is 1.47. The van der Waals surface area contributed by atoms with E-state index in [2.05, 4.69) is 0 Å². The molecule has 0 aromatic rings. The van der Waals surface area contributed by atoms with Gasteiger partial charge in [-0.15, -0.1) is 0 Å². The van der Waals surface area contributed by atoms with E-state index in [1.165, 1.54) is 0 Å². The lowest BCUT2D eigenvalue weighted by atomic mass is 9.96. The summed E-state index contributed by atoms with van der Waals surface area (Å²) in [5.74, 6) is 0.411. The molecule has 0 aromatic carbocycles. The smallest absolute Gasteiger partial charge is 0.104 e. The molecule has 1 rings (SSSR count). The molecule has 0 aliphatic heterocycles. The summed E-state index contributed by atoms with van der Waals surface area (Å²) in [4.78, 5) is 0. The molecule has 0 spiro atoms. The van der Waals surface area contributed by atoms with Crippen LogP contribution in [-0.4, -0.2) is 0 Å². The first-order chi connectivity index (χ1) is 4.72. The molecule has 0 saturated carbocycles. The van der Waals surface area contributed by atoms with Gasteiger partial charge in [-0.25, -0.2) is 4.39 Å². The van der Waals surface area contributed by atoms with E-state index >= 15 is 0 Å². The average molecular weight is 140 g/mol. The Morgan fingerprint density at radius 2 is 2.20 bits per heavy atom. The minimum atomic E-state index is 0.0810. The zero-order chi connectivity index (χ0) is 7.56. The Hall–Kier alpha value is -0.590. The highest BCUT2D eigenvalue weighted by molar-refractivity contribution is 5.27. The van der Waals surface area contributed by atoms with Crippen LogP contribution in [0.25, 0.3) is 0 Å². The van der Waals surface area contributed by atoms with Gasteiger partial charge in [0.05, 0.1) is 0 Å². The molecule has 1 aliphatic carbocycles. The lowest BCUT2D eigenvalue weighted by molar-refractivity contribution is 0.555. The molecule has 0 unspecified atom stereocenters. The van der Waals surface area contributed by atoms with Crippen LogP contribution in [-0.2, 0) is 0 Å². The largest absolute Gasteiger partial charge is 0.212 e. The minimum Gasteiger partial charge on any atom is -0.212 e. The molecule has 0 bridgehead atoms. The molecule has 0 heterocycles. The third-order valence-corrected chi connectivity index (χ3v) is 1.76. The Balaban J connectivity index is 2.79. The summed E-state index contributed by atoms with van der Waals surface area (Å²) in [6.45, 7) is 4.04. The zero-order valence-electron chi connectivity index (χ0n) is 6.52. The fraction of sp³-hybridized carbons (Fsp3) is 0.556. The van der Waals surface area contributed by atoms with Crippen LogP contribution in [0.5, 0.6) is 0 Å². The Morgan fingerprint density at radius 1 is 1.50 bits per heavy atom. The monoisotopic (exact) mass is 140 g/mol. The number of rotatable bonds is 1. The second-order valence-corrected chi connectivity index (χ2v) is 2.96. The molecule has 0 nitrogen and oxygen atoms in total. The lowest BCUT2D eigenvalue weighted by Crippen LogP contribution is -1.97. The van der Waals surface area contributed by atoms with Crippen molar-refractivity contribution >= 4 is 0 Å². The second-order valence-electron chi connectivity index (χ2n) is 2.96. The highest BCUT2D eigenvalue weighted by Gasteiger charge is 2.09. The van der Waals surface area contributed by atoms with Crippen molar-refractivity contribution in [2.24, 2.45) is 5.92 Å². The number of hydrogen-bond acceptors (Lipinski definition) is 0. The van der Waals surface area contributed by atoms with Crippen LogP contribution in [0, 0.1) is 5.92 Å². The van der Waals surface area contributed by atoms with E-state index in [1.54, 1.807) is 0 Å². The maximum atomic E-state index is 12.9. The van der Waals surface area contributed by atoms with Gasteiger partial charge in [0, 0.05) is 6.42 Å². The Bertz CT molecular complexity index is 175. The van der Waals surface area contributed by atoms with Gasteiger partial charge in [0.1, 0.15) is 5.83 Å². The highest BCUT2D eigenvalue weighted by Crippen LogP contribution is 2.25. The molecule has 10 heavy (non-hydrogen) atoms. The first kappa shape index (κ1) is 7.52. The van der Waals surface area contributed by atoms with E-state index in [0.717, 1.165) is 12.0 Å². The Kier molecular flexibility index (Phi) is 2.25. The fourth-order valence-corrected chi connectivity index (χ4v) is 1.16. The predicted octanol–water partition coefficient (Wildman–Crippen LogP) is 3.22. The van der Waals surface area contributed by atoms with E-state index < -0.39 is 0 Å². The zero-order valence-corrected chi connectivity index (χ0v) is 6.52. The van der Waals surface area contributed by atoms with Crippen LogP contribution < -0.4 is 0 Å². The SMILES string of the molecule is CC(C)C1=C(F)CCC=C1. The Labute approximate surface area is 61.4 Å². The number of hydrogen-bond donors (Lipinski definition) is 0. The van der Waals surface area contributed by atoms with E-state index in [9.17, 15) is 4.39 Å². The predicted molar refractivity (Wildman–Crippen MR) is 41.3 cm³/mol. The van der Waals surface area contributed by atoms with Gasteiger partial charge in [0.2, 0.25) is 0 Å². The summed E-state index contributed by atoms with van der Waals surface area (Å²) in [5, 5.41) is 0. The van der Waals surface area contributed by atoms with E-state index in [-0.39, 0.29) is 5.83 Å². The van der Waals surface area contributed by atoms with Gasteiger partial charge in [-0.2, -0.15) is 0 Å². The summed E-state index contributed by atoms with van der Waals surface area (Å²) in [6.07, 6.45) is 5.41. The van der Waals surface area contributed by atoms with Crippen molar-refractivity contribution in [3.8, 4) is 0 Å². The van der Waals surface area contributed by atoms with Crippen LogP contribution in [0.1, 0.15) is 26.7 Å². The van der Waals surface area contributed by atoms with Crippen molar-refractivity contribution in [3.63, 3.8) is 0 Å². The fourth-order valence-electron chi connectivity index (χ4n) is 1.16. The van der Waals surface area contributed by atoms with E-state index in [4.69, 9.17) is 0 Å². The number of allylic oxidation sites excluding steroid dienone is 4. The average Bonchev–Trinajstić information content (AvgIpc) is 1.88. The summed E-state index contributed by atoms with van der Waals surface area (Å²) < 4.78 is 12.9. The molecule has 0 N–H and O–H groups in total. The van der Waals surface area contributed by atoms with Gasteiger partial charge in [-0.3, -0.25) is 0 Å². The number of halogens is 1. The summed E-state index contributed by atoms with van der Waals surface area (Å²) in [6, 6.07) is 0. The van der Waals surface area contributed by atoms with E-state index in [0.29, 0.717) is 12.3 Å². The molecule has 0 fully saturated rings. The molecule has 0 aromatic heterocycles. The first-order valence-electron chi connectivity index (χ1n) is 3.77. The van der Waals surface area contributed by atoms with Crippen LogP contribution >= 0.6 is 0 Å². The van der Waals surface area contributed by atoms with Crippen molar-refractivity contribution in [1.29, 1.82) is 0 Å². The quantitative estimate of drug-likeness (QED) is 0.524. The molecule has 0 saturated heterocycles. The first-order valence-corrected chi connectivity index (χ1v) is 3.77. The van der Waals surface area contributed by atoms with Gasteiger partial charge >= 0.3 is 0 Å². The van der Waals surface area contributed by atoms with Crippen molar-refractivity contribution in [1.82, 2.24) is 0 Å². The summed E-state index contributed by atoms with van der Waals surface area (Å²) in [5.41, 5.74) is 0.881. The van der Waals surface area contributed by atoms with Crippen LogP contribution in [0.2, 0.25) is 0 Å². The molecule has 1 aliphatic rings. The normalized spacial score (nSPS) is 18.8. The van der Waals surface area contributed by atoms with Gasteiger partial charge < -0.3 is 0 Å². The topological polar surface area (TPSA) is 0 Å². The van der Waals surface area contributed by atoms with E-state index in [1.807, 2.05) is 26.0 Å². The lowest BCUT2D eigenvalue weighted by Gasteiger charge is -2.11. The summed E-state index contributed by atoms with van der Waals surface area (Å²) in [7, 11) is 0. The third-order valence-electron chi connectivity index (χ3n) is 1.76. The van der Waals surface area contributed by atoms with Crippen molar-refractivity contribution in [3.05, 3.63) is 23.6 Å². The molecule has 0 atom stereocenters. The van der Waals surface area contributed by atoms with Gasteiger partial charge in [0.25, 0.3) is 0 Å².